The number of aryl methyl sites for hydroxylation is 2. The maximum atomic E-state index is 12.7. The van der Waals surface area contributed by atoms with Gasteiger partial charge in [0, 0.05) is 0 Å². The number of sulfonamides is 1. The summed E-state index contributed by atoms with van der Waals surface area (Å²) in [7, 11) is -3.40. The minimum Gasteiger partial charge on any atom is -0.332 e. The molecule has 0 radical (unpaired) electrons. The molecule has 1 saturated heterocycles. The van der Waals surface area contributed by atoms with E-state index in [0.29, 0.717) is 18.0 Å². The van der Waals surface area contributed by atoms with Crippen LogP contribution in [0.1, 0.15) is 18.1 Å². The Morgan fingerprint density at radius 1 is 1.27 bits per heavy atom. The molecule has 0 amide bonds. The number of piperazine rings is 1. The lowest BCUT2D eigenvalue weighted by atomic mass is 10.1. The first kappa shape index (κ1) is 16.9. The van der Waals surface area contributed by atoms with Gasteiger partial charge in [0.15, 0.2) is 0 Å². The van der Waals surface area contributed by atoms with Gasteiger partial charge in [-0.1, -0.05) is 6.07 Å². The van der Waals surface area contributed by atoms with Crippen molar-refractivity contribution in [1.82, 2.24) is 4.31 Å². The van der Waals surface area contributed by atoms with E-state index >= 15 is 0 Å². The van der Waals surface area contributed by atoms with E-state index in [4.69, 9.17) is 5.26 Å². The maximum Gasteiger partial charge on any atom is 0.243 e. The van der Waals surface area contributed by atoms with Crippen LogP contribution in [-0.4, -0.2) is 45.4 Å². The maximum absolute atomic E-state index is 12.7. The molecule has 1 aromatic rings. The van der Waals surface area contributed by atoms with Crippen molar-refractivity contribution in [2.45, 2.75) is 25.7 Å². The topological polar surface area (TPSA) is 65.6 Å². The summed E-state index contributed by atoms with van der Waals surface area (Å²) in [5, 5.41) is 8.87. The third-order valence-corrected chi connectivity index (χ3v) is 6.26. The number of hydrogen-bond acceptors (Lipinski definition) is 3. The van der Waals surface area contributed by atoms with Gasteiger partial charge in [-0.2, -0.15) is 9.57 Å². The Hall–Kier alpha value is -1.42. The van der Waals surface area contributed by atoms with Crippen LogP contribution in [0.15, 0.2) is 23.1 Å². The summed E-state index contributed by atoms with van der Waals surface area (Å²) in [6.45, 7) is 9.15. The summed E-state index contributed by atoms with van der Waals surface area (Å²) >= 11 is 0. The Kier molecular flexibility index (Phi) is 5.22. The van der Waals surface area contributed by atoms with E-state index in [1.807, 2.05) is 26.8 Å². The van der Waals surface area contributed by atoms with Crippen LogP contribution in [0.25, 0.3) is 0 Å². The molecule has 1 fully saturated rings. The molecule has 1 heterocycles. The summed E-state index contributed by atoms with van der Waals surface area (Å²) in [6, 6.07) is 7.54. The van der Waals surface area contributed by atoms with Crippen LogP contribution in [0.5, 0.6) is 0 Å². The monoisotopic (exact) mass is 322 g/mol. The highest BCUT2D eigenvalue weighted by atomic mass is 32.2. The molecule has 5 nitrogen and oxygen atoms in total. The van der Waals surface area contributed by atoms with Gasteiger partial charge in [-0.3, -0.25) is 0 Å². The minimum atomic E-state index is -3.40. The molecule has 0 bridgehead atoms. The van der Waals surface area contributed by atoms with Crippen molar-refractivity contribution < 1.29 is 13.3 Å². The van der Waals surface area contributed by atoms with Gasteiger partial charge in [-0.15, -0.1) is 0 Å². The molecule has 22 heavy (non-hydrogen) atoms. The minimum absolute atomic E-state index is 0.0119. The van der Waals surface area contributed by atoms with E-state index in [1.165, 1.54) is 4.90 Å². The number of rotatable bonds is 4. The quantitative estimate of drug-likeness (QED) is 0.870. The Balaban J connectivity index is 2.06. The molecule has 1 aromatic carbocycles. The van der Waals surface area contributed by atoms with E-state index in [2.05, 4.69) is 6.07 Å². The molecular weight excluding hydrogens is 298 g/mol. The van der Waals surface area contributed by atoms with Crippen molar-refractivity contribution in [2.24, 2.45) is 5.92 Å². The lowest BCUT2D eigenvalue weighted by Gasteiger charge is -2.32. The second-order valence-electron chi connectivity index (χ2n) is 6.13. The van der Waals surface area contributed by atoms with Gasteiger partial charge in [-0.25, -0.2) is 8.42 Å². The number of nitrogens with zero attached hydrogens (tertiary/aromatic N) is 2. The van der Waals surface area contributed by atoms with Crippen molar-refractivity contribution in [2.75, 3.05) is 32.7 Å². The van der Waals surface area contributed by atoms with Gasteiger partial charge in [0.05, 0.1) is 49.6 Å². The lowest BCUT2D eigenvalue weighted by molar-refractivity contribution is -0.905. The third-order valence-electron chi connectivity index (χ3n) is 4.36. The normalized spacial score (nSPS) is 18.8. The van der Waals surface area contributed by atoms with E-state index < -0.39 is 10.0 Å². The summed E-state index contributed by atoms with van der Waals surface area (Å²) in [6.07, 6.45) is 0. The van der Waals surface area contributed by atoms with Gasteiger partial charge in [0.2, 0.25) is 10.0 Å². The van der Waals surface area contributed by atoms with Crippen LogP contribution >= 0.6 is 0 Å². The second-order valence-corrected chi connectivity index (χ2v) is 8.07. The van der Waals surface area contributed by atoms with E-state index in [9.17, 15) is 8.42 Å². The van der Waals surface area contributed by atoms with Crippen LogP contribution in [0.3, 0.4) is 0 Å². The predicted octanol–water partition coefficient (Wildman–Crippen LogP) is 0.352. The van der Waals surface area contributed by atoms with Gasteiger partial charge >= 0.3 is 0 Å². The molecule has 1 atom stereocenters. The number of hydrogen-bond donors (Lipinski definition) is 1. The molecular formula is C16H24N3O2S+. The molecule has 0 saturated carbocycles. The van der Waals surface area contributed by atoms with Crippen LogP contribution < -0.4 is 4.90 Å². The Labute approximate surface area is 133 Å². The zero-order valence-electron chi connectivity index (χ0n) is 13.5. The number of nitriles is 1. The van der Waals surface area contributed by atoms with E-state index in [-0.39, 0.29) is 5.92 Å². The highest BCUT2D eigenvalue weighted by Crippen LogP contribution is 2.19. The summed E-state index contributed by atoms with van der Waals surface area (Å²) in [5.74, 6) is 0.0119. The molecule has 1 aliphatic heterocycles. The molecule has 1 N–H and O–H groups in total. The van der Waals surface area contributed by atoms with Crippen LogP contribution in [0, 0.1) is 31.1 Å². The largest absolute Gasteiger partial charge is 0.332 e. The standard InChI is InChI=1S/C16H23N3O2S/c1-13(11-17)12-18-6-8-19(9-7-18)22(20,21)16-5-4-14(2)15(3)10-16/h4-5,10,13H,6-9,12H2,1-3H3/p+1/t13-/m0/s1. The van der Waals surface area contributed by atoms with Crippen molar-refractivity contribution in [3.8, 4) is 6.07 Å². The zero-order valence-corrected chi connectivity index (χ0v) is 14.3. The molecule has 0 aliphatic carbocycles. The number of quaternary nitrogens is 1. The molecule has 2 rings (SSSR count). The van der Waals surface area contributed by atoms with E-state index in [1.54, 1.807) is 16.4 Å². The van der Waals surface area contributed by atoms with Gasteiger partial charge in [-0.05, 0) is 44.0 Å². The highest BCUT2D eigenvalue weighted by molar-refractivity contribution is 7.89. The van der Waals surface area contributed by atoms with Crippen LogP contribution in [0.4, 0.5) is 0 Å². The fourth-order valence-electron chi connectivity index (χ4n) is 2.75. The summed E-state index contributed by atoms with van der Waals surface area (Å²) in [5.41, 5.74) is 2.09. The smallest absolute Gasteiger partial charge is 0.243 e. The molecule has 120 valence electrons. The molecule has 0 spiro atoms. The van der Waals surface area contributed by atoms with Gasteiger partial charge in [0.25, 0.3) is 0 Å². The Morgan fingerprint density at radius 2 is 1.91 bits per heavy atom. The van der Waals surface area contributed by atoms with Crippen LogP contribution in [0.2, 0.25) is 0 Å². The average molecular weight is 322 g/mol. The lowest BCUT2D eigenvalue weighted by Crippen LogP contribution is -3.15. The SMILES string of the molecule is Cc1ccc(S(=O)(=O)N2CC[NH+](C[C@@H](C)C#N)CC2)cc1C. The first-order valence-corrected chi connectivity index (χ1v) is 9.09. The van der Waals surface area contributed by atoms with Gasteiger partial charge in [0.1, 0.15) is 0 Å². The fourth-order valence-corrected chi connectivity index (χ4v) is 4.28. The van der Waals surface area contributed by atoms with Crippen LogP contribution in [-0.2, 0) is 10.0 Å². The molecule has 0 unspecified atom stereocenters. The Bertz CT molecular complexity index is 671. The second kappa shape index (κ2) is 6.78. The summed E-state index contributed by atoms with van der Waals surface area (Å²) < 4.78 is 27.0. The first-order valence-electron chi connectivity index (χ1n) is 7.65. The van der Waals surface area contributed by atoms with Gasteiger partial charge < -0.3 is 4.90 Å². The van der Waals surface area contributed by atoms with Crippen molar-refractivity contribution in [3.63, 3.8) is 0 Å². The van der Waals surface area contributed by atoms with E-state index in [0.717, 1.165) is 30.8 Å². The van der Waals surface area contributed by atoms with Crippen molar-refractivity contribution >= 4 is 10.0 Å². The number of nitrogens with one attached hydrogen (secondary N) is 1. The third kappa shape index (κ3) is 3.67. The van der Waals surface area contributed by atoms with Crippen molar-refractivity contribution in [3.05, 3.63) is 29.3 Å². The molecule has 0 aromatic heterocycles. The van der Waals surface area contributed by atoms with Crippen molar-refractivity contribution in [1.29, 1.82) is 5.26 Å². The predicted molar refractivity (Wildman–Crippen MR) is 85.0 cm³/mol. The number of benzene rings is 1. The first-order chi connectivity index (χ1) is 10.3. The average Bonchev–Trinajstić information content (AvgIpc) is 2.50. The molecule has 1 aliphatic rings. The zero-order chi connectivity index (χ0) is 16.3. The molecule has 6 heteroatoms. The highest BCUT2D eigenvalue weighted by Gasteiger charge is 2.30. The Morgan fingerprint density at radius 3 is 2.45 bits per heavy atom. The summed E-state index contributed by atoms with van der Waals surface area (Å²) in [4.78, 5) is 1.69. The fraction of sp³-hybridized carbons (Fsp3) is 0.562.